The van der Waals surface area contributed by atoms with Gasteiger partial charge < -0.3 is 9.47 Å². The molecule has 6 heteroatoms. The molecule has 0 bridgehead atoms. The Balaban J connectivity index is 1.39. The van der Waals surface area contributed by atoms with Crippen molar-refractivity contribution < 1.29 is 4.79 Å². The molecule has 1 aliphatic carbocycles. The van der Waals surface area contributed by atoms with Crippen molar-refractivity contribution in [3.8, 4) is 0 Å². The summed E-state index contributed by atoms with van der Waals surface area (Å²) in [5.41, 5.74) is 1.41. The summed E-state index contributed by atoms with van der Waals surface area (Å²) in [4.78, 5) is 24.1. The van der Waals surface area contributed by atoms with E-state index in [1.807, 2.05) is 24.3 Å². The Labute approximate surface area is 146 Å². The molecule has 0 unspecified atom stereocenters. The first-order valence-electron chi connectivity index (χ1n) is 8.80. The number of hydrogen-bond acceptors (Lipinski definition) is 4. The molecule has 1 fully saturated rings. The van der Waals surface area contributed by atoms with Crippen LogP contribution in [0.15, 0.2) is 18.5 Å². The topological polar surface area (TPSA) is 41.4 Å². The maximum absolute atomic E-state index is 12.8. The summed E-state index contributed by atoms with van der Waals surface area (Å²) in [5.74, 6) is 1.32. The standard InChI is InChI=1S/C18H24N4OS/c1-20-9-6-19-17(20)13-21-7-3-8-22(11-10-21)18(23)16-12-14-4-2-5-15(14)24-16/h6,9,12H,2-5,7-8,10-11,13H2,1H3. The number of thiophene rings is 1. The maximum atomic E-state index is 12.8. The SMILES string of the molecule is Cn1ccnc1CN1CCCN(C(=O)c2cc3c(s2)CCC3)CC1. The fraction of sp³-hybridized carbons (Fsp3) is 0.556. The molecule has 0 saturated carbocycles. The van der Waals surface area contributed by atoms with E-state index in [0.29, 0.717) is 0 Å². The van der Waals surface area contributed by atoms with E-state index < -0.39 is 0 Å². The predicted molar refractivity (Wildman–Crippen MR) is 95.3 cm³/mol. The average molecular weight is 344 g/mol. The molecule has 0 N–H and O–H groups in total. The largest absolute Gasteiger partial charge is 0.337 e. The zero-order valence-corrected chi connectivity index (χ0v) is 15.0. The van der Waals surface area contributed by atoms with Gasteiger partial charge in [-0.2, -0.15) is 0 Å². The van der Waals surface area contributed by atoms with Crippen LogP contribution in [-0.2, 0) is 26.4 Å². The van der Waals surface area contributed by atoms with Gasteiger partial charge in [0.25, 0.3) is 5.91 Å². The van der Waals surface area contributed by atoms with Gasteiger partial charge in [0.15, 0.2) is 0 Å². The van der Waals surface area contributed by atoms with E-state index >= 15 is 0 Å². The summed E-state index contributed by atoms with van der Waals surface area (Å²) < 4.78 is 2.07. The summed E-state index contributed by atoms with van der Waals surface area (Å²) in [5, 5.41) is 0. The molecule has 2 aromatic heterocycles. The minimum atomic E-state index is 0.230. The van der Waals surface area contributed by atoms with Crippen molar-refractivity contribution in [3.05, 3.63) is 39.6 Å². The zero-order valence-electron chi connectivity index (χ0n) is 14.2. The summed E-state index contributed by atoms with van der Waals surface area (Å²) in [6, 6.07) is 2.14. The number of carbonyl (C=O) groups excluding carboxylic acids is 1. The molecular weight excluding hydrogens is 320 g/mol. The lowest BCUT2D eigenvalue weighted by Crippen LogP contribution is -2.35. The van der Waals surface area contributed by atoms with E-state index in [-0.39, 0.29) is 5.91 Å². The van der Waals surface area contributed by atoms with Crippen LogP contribution in [0.1, 0.15) is 38.8 Å². The summed E-state index contributed by atoms with van der Waals surface area (Å²) in [6.07, 6.45) is 8.42. The number of aromatic nitrogens is 2. The predicted octanol–water partition coefficient (Wildman–Crippen LogP) is 2.32. The van der Waals surface area contributed by atoms with Crippen LogP contribution in [-0.4, -0.2) is 51.4 Å². The van der Waals surface area contributed by atoms with Gasteiger partial charge in [-0.1, -0.05) is 0 Å². The van der Waals surface area contributed by atoms with E-state index in [4.69, 9.17) is 0 Å². The number of hydrogen-bond donors (Lipinski definition) is 0. The Bertz CT molecular complexity index is 714. The first kappa shape index (κ1) is 15.8. The van der Waals surface area contributed by atoms with Crippen molar-refractivity contribution in [2.45, 2.75) is 32.2 Å². The maximum Gasteiger partial charge on any atom is 0.263 e. The molecule has 1 aliphatic heterocycles. The lowest BCUT2D eigenvalue weighted by atomic mass is 10.2. The van der Waals surface area contributed by atoms with Crippen LogP contribution in [0.25, 0.3) is 0 Å². The van der Waals surface area contributed by atoms with E-state index in [1.54, 1.807) is 11.3 Å². The van der Waals surface area contributed by atoms with Gasteiger partial charge in [-0.05, 0) is 37.3 Å². The molecule has 1 saturated heterocycles. The molecule has 5 nitrogen and oxygen atoms in total. The molecule has 0 spiro atoms. The van der Waals surface area contributed by atoms with Crippen molar-refractivity contribution in [3.63, 3.8) is 0 Å². The second kappa shape index (κ2) is 6.69. The van der Waals surface area contributed by atoms with Crippen LogP contribution in [0, 0.1) is 0 Å². The quantitative estimate of drug-likeness (QED) is 0.858. The number of amides is 1. The molecular formula is C18H24N4OS. The van der Waals surface area contributed by atoms with Gasteiger partial charge in [0.1, 0.15) is 5.82 Å². The number of rotatable bonds is 3. The second-order valence-electron chi connectivity index (χ2n) is 6.79. The molecule has 24 heavy (non-hydrogen) atoms. The molecule has 0 aromatic carbocycles. The van der Waals surface area contributed by atoms with Gasteiger partial charge in [0.2, 0.25) is 0 Å². The van der Waals surface area contributed by atoms with E-state index in [0.717, 1.165) is 62.7 Å². The van der Waals surface area contributed by atoms with Gasteiger partial charge in [0, 0.05) is 50.5 Å². The van der Waals surface area contributed by atoms with Gasteiger partial charge in [-0.15, -0.1) is 11.3 Å². The number of carbonyl (C=O) groups is 1. The summed E-state index contributed by atoms with van der Waals surface area (Å²) in [7, 11) is 2.03. The molecule has 0 atom stereocenters. The molecule has 3 heterocycles. The molecule has 0 radical (unpaired) electrons. The highest BCUT2D eigenvalue weighted by Gasteiger charge is 2.24. The lowest BCUT2D eigenvalue weighted by Gasteiger charge is -2.21. The Morgan fingerprint density at radius 2 is 2.12 bits per heavy atom. The molecule has 4 rings (SSSR count). The number of imidazole rings is 1. The first-order chi connectivity index (χ1) is 11.7. The highest BCUT2D eigenvalue weighted by Crippen LogP contribution is 2.31. The molecule has 2 aliphatic rings. The van der Waals surface area contributed by atoms with Crippen LogP contribution in [0.2, 0.25) is 0 Å². The lowest BCUT2D eigenvalue weighted by molar-refractivity contribution is 0.0765. The third-order valence-electron chi connectivity index (χ3n) is 5.12. The fourth-order valence-corrected chi connectivity index (χ4v) is 4.89. The van der Waals surface area contributed by atoms with Crippen LogP contribution in [0.3, 0.4) is 0 Å². The van der Waals surface area contributed by atoms with Crippen LogP contribution in [0.5, 0.6) is 0 Å². The Morgan fingerprint density at radius 3 is 2.92 bits per heavy atom. The smallest absolute Gasteiger partial charge is 0.263 e. The van der Waals surface area contributed by atoms with E-state index in [2.05, 4.69) is 20.5 Å². The van der Waals surface area contributed by atoms with Crippen LogP contribution in [0.4, 0.5) is 0 Å². The van der Waals surface area contributed by atoms with Gasteiger partial charge >= 0.3 is 0 Å². The fourth-order valence-electron chi connectivity index (χ4n) is 3.67. The van der Waals surface area contributed by atoms with Crippen LogP contribution < -0.4 is 0 Å². The summed E-state index contributed by atoms with van der Waals surface area (Å²) >= 11 is 1.72. The Morgan fingerprint density at radius 1 is 1.21 bits per heavy atom. The van der Waals surface area contributed by atoms with Crippen LogP contribution >= 0.6 is 11.3 Å². The monoisotopic (exact) mass is 344 g/mol. The first-order valence-corrected chi connectivity index (χ1v) is 9.62. The molecule has 2 aromatic rings. The average Bonchev–Trinajstić information content (AvgIpc) is 3.21. The number of fused-ring (bicyclic) bond motifs is 1. The minimum absolute atomic E-state index is 0.230. The van der Waals surface area contributed by atoms with E-state index in [1.165, 1.54) is 16.9 Å². The highest BCUT2D eigenvalue weighted by molar-refractivity contribution is 7.14. The van der Waals surface area contributed by atoms with Crippen molar-refractivity contribution in [1.82, 2.24) is 19.4 Å². The second-order valence-corrected chi connectivity index (χ2v) is 7.93. The van der Waals surface area contributed by atoms with Gasteiger partial charge in [-0.3, -0.25) is 9.69 Å². The number of nitrogens with zero attached hydrogens (tertiary/aromatic N) is 4. The number of aryl methyl sites for hydroxylation is 3. The summed E-state index contributed by atoms with van der Waals surface area (Å²) in [6.45, 7) is 4.48. The van der Waals surface area contributed by atoms with E-state index in [9.17, 15) is 4.79 Å². The zero-order chi connectivity index (χ0) is 16.5. The minimum Gasteiger partial charge on any atom is -0.337 e. The van der Waals surface area contributed by atoms with Crippen molar-refractivity contribution in [2.24, 2.45) is 7.05 Å². The van der Waals surface area contributed by atoms with Crippen molar-refractivity contribution >= 4 is 17.2 Å². The third kappa shape index (κ3) is 3.13. The highest BCUT2D eigenvalue weighted by atomic mass is 32.1. The van der Waals surface area contributed by atoms with Gasteiger partial charge in [0.05, 0.1) is 11.4 Å². The Kier molecular flexibility index (Phi) is 4.41. The normalized spacial score (nSPS) is 18.6. The molecule has 1 amide bonds. The van der Waals surface area contributed by atoms with Gasteiger partial charge in [-0.25, -0.2) is 4.98 Å². The third-order valence-corrected chi connectivity index (χ3v) is 6.34. The van der Waals surface area contributed by atoms with Crippen molar-refractivity contribution in [2.75, 3.05) is 26.2 Å². The Hall–Kier alpha value is -1.66. The molecule has 128 valence electrons. The van der Waals surface area contributed by atoms with Crippen molar-refractivity contribution in [1.29, 1.82) is 0 Å².